The molecule has 2 aliphatic rings. The molecule has 0 radical (unpaired) electrons. The largest absolute Gasteiger partial charge is 0.378 e. The van der Waals surface area contributed by atoms with Crippen molar-refractivity contribution in [3.8, 4) is 0 Å². The van der Waals surface area contributed by atoms with Gasteiger partial charge in [0.05, 0.1) is 6.10 Å². The van der Waals surface area contributed by atoms with E-state index in [1.165, 1.54) is 38.6 Å². The zero-order valence-electron chi connectivity index (χ0n) is 10.3. The SMILES string of the molecule is C(CNCCC1CC1)COC1CCNCC1. The van der Waals surface area contributed by atoms with Gasteiger partial charge in [0.2, 0.25) is 0 Å². The average Bonchev–Trinajstić information content (AvgIpc) is 3.13. The highest BCUT2D eigenvalue weighted by Gasteiger charge is 2.19. The van der Waals surface area contributed by atoms with Crippen molar-refractivity contribution >= 4 is 0 Å². The van der Waals surface area contributed by atoms with Gasteiger partial charge in [-0.1, -0.05) is 12.8 Å². The fourth-order valence-electron chi connectivity index (χ4n) is 2.25. The Morgan fingerprint density at radius 2 is 1.88 bits per heavy atom. The summed E-state index contributed by atoms with van der Waals surface area (Å²) >= 11 is 0. The number of rotatable bonds is 8. The molecule has 2 rings (SSSR count). The summed E-state index contributed by atoms with van der Waals surface area (Å²) in [4.78, 5) is 0. The van der Waals surface area contributed by atoms with Crippen LogP contribution in [0.15, 0.2) is 0 Å². The third-order valence-electron chi connectivity index (χ3n) is 3.56. The van der Waals surface area contributed by atoms with E-state index in [0.717, 1.165) is 38.6 Å². The lowest BCUT2D eigenvalue weighted by Crippen LogP contribution is -2.33. The molecule has 1 aliphatic heterocycles. The molecular weight excluding hydrogens is 200 g/mol. The number of nitrogens with one attached hydrogen (secondary N) is 2. The zero-order valence-corrected chi connectivity index (χ0v) is 10.3. The standard InChI is InChI=1S/C13H26N2O/c1(7-14-8-4-12-2-3-12)11-16-13-5-9-15-10-6-13/h12-15H,1-11H2. The highest BCUT2D eigenvalue weighted by atomic mass is 16.5. The van der Waals surface area contributed by atoms with E-state index in [1.807, 2.05) is 0 Å². The number of ether oxygens (including phenoxy) is 1. The quantitative estimate of drug-likeness (QED) is 0.616. The molecule has 0 spiro atoms. The van der Waals surface area contributed by atoms with E-state index in [4.69, 9.17) is 4.74 Å². The van der Waals surface area contributed by atoms with Crippen LogP contribution in [0.25, 0.3) is 0 Å². The lowest BCUT2D eigenvalue weighted by Gasteiger charge is -2.22. The summed E-state index contributed by atoms with van der Waals surface area (Å²) in [5.41, 5.74) is 0. The second-order valence-electron chi connectivity index (χ2n) is 5.16. The van der Waals surface area contributed by atoms with E-state index < -0.39 is 0 Å². The van der Waals surface area contributed by atoms with Gasteiger partial charge in [-0.25, -0.2) is 0 Å². The Morgan fingerprint density at radius 1 is 1.06 bits per heavy atom. The Morgan fingerprint density at radius 3 is 2.62 bits per heavy atom. The Balaban J connectivity index is 1.33. The van der Waals surface area contributed by atoms with Crippen molar-refractivity contribution in [2.75, 3.05) is 32.8 Å². The maximum Gasteiger partial charge on any atom is 0.0599 e. The van der Waals surface area contributed by atoms with Gasteiger partial charge in [0.15, 0.2) is 0 Å². The first kappa shape index (κ1) is 12.3. The van der Waals surface area contributed by atoms with Gasteiger partial charge in [-0.2, -0.15) is 0 Å². The van der Waals surface area contributed by atoms with Gasteiger partial charge in [-0.15, -0.1) is 0 Å². The second kappa shape index (κ2) is 7.25. The maximum absolute atomic E-state index is 5.84. The molecule has 1 heterocycles. The van der Waals surface area contributed by atoms with Crippen molar-refractivity contribution in [3.63, 3.8) is 0 Å². The van der Waals surface area contributed by atoms with E-state index >= 15 is 0 Å². The van der Waals surface area contributed by atoms with E-state index in [0.29, 0.717) is 6.10 Å². The predicted molar refractivity (Wildman–Crippen MR) is 66.7 cm³/mol. The smallest absolute Gasteiger partial charge is 0.0599 e. The van der Waals surface area contributed by atoms with Gasteiger partial charge in [0.25, 0.3) is 0 Å². The summed E-state index contributed by atoms with van der Waals surface area (Å²) in [6.45, 7) is 5.52. The van der Waals surface area contributed by atoms with Crippen LogP contribution in [0.4, 0.5) is 0 Å². The topological polar surface area (TPSA) is 33.3 Å². The lowest BCUT2D eigenvalue weighted by molar-refractivity contribution is 0.0318. The normalized spacial score (nSPS) is 22.5. The summed E-state index contributed by atoms with van der Waals surface area (Å²) in [5.74, 6) is 1.05. The summed E-state index contributed by atoms with van der Waals surface area (Å²) in [6, 6.07) is 0. The third-order valence-corrected chi connectivity index (χ3v) is 3.56. The molecule has 2 N–H and O–H groups in total. The van der Waals surface area contributed by atoms with Crippen LogP contribution in [0.3, 0.4) is 0 Å². The number of piperidine rings is 1. The molecule has 0 atom stereocenters. The molecule has 1 saturated carbocycles. The van der Waals surface area contributed by atoms with Gasteiger partial charge in [0, 0.05) is 6.61 Å². The molecule has 0 aromatic carbocycles. The molecular formula is C13H26N2O. The van der Waals surface area contributed by atoms with E-state index in [-0.39, 0.29) is 0 Å². The molecule has 94 valence electrons. The highest BCUT2D eigenvalue weighted by Crippen LogP contribution is 2.31. The van der Waals surface area contributed by atoms with E-state index in [9.17, 15) is 0 Å². The van der Waals surface area contributed by atoms with Crippen molar-refractivity contribution in [1.29, 1.82) is 0 Å². The minimum absolute atomic E-state index is 0.521. The molecule has 0 aromatic rings. The van der Waals surface area contributed by atoms with Crippen LogP contribution >= 0.6 is 0 Å². The zero-order chi connectivity index (χ0) is 11.1. The molecule has 1 saturated heterocycles. The monoisotopic (exact) mass is 226 g/mol. The fourth-order valence-corrected chi connectivity index (χ4v) is 2.25. The first-order chi connectivity index (χ1) is 7.95. The van der Waals surface area contributed by atoms with Gasteiger partial charge < -0.3 is 15.4 Å². The highest BCUT2D eigenvalue weighted by molar-refractivity contribution is 4.73. The van der Waals surface area contributed by atoms with Gasteiger partial charge in [-0.05, 0) is 57.8 Å². The van der Waals surface area contributed by atoms with Crippen LogP contribution in [0.5, 0.6) is 0 Å². The second-order valence-corrected chi connectivity index (χ2v) is 5.16. The molecule has 2 fully saturated rings. The van der Waals surface area contributed by atoms with Crippen molar-refractivity contribution in [1.82, 2.24) is 10.6 Å². The minimum atomic E-state index is 0.521. The minimum Gasteiger partial charge on any atom is -0.378 e. The Hall–Kier alpha value is -0.120. The number of hydrogen-bond donors (Lipinski definition) is 2. The average molecular weight is 226 g/mol. The third kappa shape index (κ3) is 5.28. The van der Waals surface area contributed by atoms with Crippen molar-refractivity contribution < 1.29 is 4.74 Å². The molecule has 3 nitrogen and oxygen atoms in total. The van der Waals surface area contributed by atoms with Gasteiger partial charge in [-0.3, -0.25) is 0 Å². The predicted octanol–water partition coefficient (Wildman–Crippen LogP) is 1.53. The molecule has 1 aliphatic carbocycles. The van der Waals surface area contributed by atoms with Crippen LogP contribution in [0.1, 0.15) is 38.5 Å². The van der Waals surface area contributed by atoms with E-state index in [2.05, 4.69) is 10.6 Å². The molecule has 0 amide bonds. The van der Waals surface area contributed by atoms with Gasteiger partial charge >= 0.3 is 0 Å². The fraction of sp³-hybridized carbons (Fsp3) is 1.00. The van der Waals surface area contributed by atoms with Crippen LogP contribution in [0.2, 0.25) is 0 Å². The maximum atomic E-state index is 5.84. The lowest BCUT2D eigenvalue weighted by atomic mass is 10.1. The molecule has 0 aromatic heterocycles. The van der Waals surface area contributed by atoms with Gasteiger partial charge in [0.1, 0.15) is 0 Å². The number of hydrogen-bond acceptors (Lipinski definition) is 3. The van der Waals surface area contributed by atoms with Crippen molar-refractivity contribution in [2.24, 2.45) is 5.92 Å². The summed E-state index contributed by atoms with van der Waals surface area (Å²) in [5, 5.41) is 6.86. The summed E-state index contributed by atoms with van der Waals surface area (Å²) in [7, 11) is 0. The van der Waals surface area contributed by atoms with Crippen LogP contribution in [0, 0.1) is 5.92 Å². The van der Waals surface area contributed by atoms with Crippen molar-refractivity contribution in [3.05, 3.63) is 0 Å². The van der Waals surface area contributed by atoms with Crippen LogP contribution in [-0.4, -0.2) is 38.9 Å². The Bertz CT molecular complexity index is 177. The van der Waals surface area contributed by atoms with Crippen LogP contribution in [-0.2, 0) is 4.74 Å². The molecule has 16 heavy (non-hydrogen) atoms. The van der Waals surface area contributed by atoms with Crippen molar-refractivity contribution in [2.45, 2.75) is 44.6 Å². The first-order valence-corrected chi connectivity index (χ1v) is 6.98. The summed E-state index contributed by atoms with van der Waals surface area (Å²) < 4.78 is 5.84. The molecule has 0 bridgehead atoms. The summed E-state index contributed by atoms with van der Waals surface area (Å²) in [6.07, 6.45) is 8.39. The first-order valence-electron chi connectivity index (χ1n) is 6.98. The Kier molecular flexibility index (Phi) is 5.59. The Labute approximate surface area is 99.3 Å². The molecule has 0 unspecified atom stereocenters. The van der Waals surface area contributed by atoms with Crippen LogP contribution < -0.4 is 10.6 Å². The molecule has 3 heteroatoms. The van der Waals surface area contributed by atoms with E-state index in [1.54, 1.807) is 0 Å².